The van der Waals surface area contributed by atoms with Gasteiger partial charge in [-0.15, -0.1) is 6.58 Å². The SMILES string of the molecule is C=CC(C)(O)CC/C=C(\C)COO. The summed E-state index contributed by atoms with van der Waals surface area (Å²) < 4.78 is 0. The number of aliphatic hydroxyl groups is 1. The van der Waals surface area contributed by atoms with E-state index in [0.29, 0.717) is 6.42 Å². The Labute approximate surface area is 79.3 Å². The second kappa shape index (κ2) is 5.91. The second-order valence-electron chi connectivity index (χ2n) is 3.42. The van der Waals surface area contributed by atoms with Crippen molar-refractivity contribution in [2.24, 2.45) is 0 Å². The maximum Gasteiger partial charge on any atom is 0.103 e. The first-order valence-corrected chi connectivity index (χ1v) is 4.30. The van der Waals surface area contributed by atoms with E-state index in [-0.39, 0.29) is 6.61 Å². The van der Waals surface area contributed by atoms with Crippen molar-refractivity contribution in [3.8, 4) is 0 Å². The lowest BCUT2D eigenvalue weighted by atomic mass is 10.00. The van der Waals surface area contributed by atoms with Gasteiger partial charge in [-0.3, -0.25) is 5.26 Å². The van der Waals surface area contributed by atoms with Crippen molar-refractivity contribution in [2.45, 2.75) is 32.3 Å². The van der Waals surface area contributed by atoms with Crippen LogP contribution in [-0.2, 0) is 4.89 Å². The smallest absolute Gasteiger partial charge is 0.103 e. The zero-order chi connectivity index (χ0) is 10.3. The molecule has 3 heteroatoms. The van der Waals surface area contributed by atoms with E-state index in [2.05, 4.69) is 11.5 Å². The molecule has 0 fully saturated rings. The minimum atomic E-state index is -0.809. The molecule has 13 heavy (non-hydrogen) atoms. The Kier molecular flexibility index (Phi) is 5.62. The first-order chi connectivity index (χ1) is 6.02. The summed E-state index contributed by atoms with van der Waals surface area (Å²) in [6.07, 6.45) is 4.82. The molecule has 0 saturated heterocycles. The van der Waals surface area contributed by atoms with Crippen LogP contribution in [0.15, 0.2) is 24.3 Å². The van der Waals surface area contributed by atoms with Gasteiger partial charge in [0.15, 0.2) is 0 Å². The monoisotopic (exact) mass is 186 g/mol. The molecule has 0 amide bonds. The van der Waals surface area contributed by atoms with Crippen molar-refractivity contribution >= 4 is 0 Å². The van der Waals surface area contributed by atoms with Crippen molar-refractivity contribution < 1.29 is 15.3 Å². The van der Waals surface area contributed by atoms with Gasteiger partial charge < -0.3 is 5.11 Å². The van der Waals surface area contributed by atoms with Crippen LogP contribution in [0, 0.1) is 0 Å². The van der Waals surface area contributed by atoms with Crippen molar-refractivity contribution in [1.82, 2.24) is 0 Å². The summed E-state index contributed by atoms with van der Waals surface area (Å²) in [5.74, 6) is 0. The summed E-state index contributed by atoms with van der Waals surface area (Å²) in [4.78, 5) is 3.96. The molecule has 0 aliphatic rings. The third-order valence-corrected chi connectivity index (χ3v) is 1.88. The molecule has 0 spiro atoms. The van der Waals surface area contributed by atoms with Gasteiger partial charge in [-0.05, 0) is 32.3 Å². The molecule has 0 bridgehead atoms. The molecular weight excluding hydrogens is 168 g/mol. The van der Waals surface area contributed by atoms with Crippen LogP contribution in [-0.4, -0.2) is 22.6 Å². The summed E-state index contributed by atoms with van der Waals surface area (Å²) in [5.41, 5.74) is 0.138. The van der Waals surface area contributed by atoms with E-state index in [1.54, 1.807) is 6.92 Å². The molecule has 2 N–H and O–H groups in total. The van der Waals surface area contributed by atoms with Gasteiger partial charge in [0.1, 0.15) is 6.61 Å². The van der Waals surface area contributed by atoms with Gasteiger partial charge in [0.25, 0.3) is 0 Å². The molecule has 0 aliphatic heterocycles. The van der Waals surface area contributed by atoms with Crippen LogP contribution in [0.5, 0.6) is 0 Å². The normalized spacial score (nSPS) is 16.8. The molecule has 0 aromatic heterocycles. The molecule has 0 rings (SSSR count). The number of rotatable bonds is 6. The molecule has 0 aliphatic carbocycles. The van der Waals surface area contributed by atoms with E-state index >= 15 is 0 Å². The fourth-order valence-electron chi connectivity index (χ4n) is 0.874. The molecule has 76 valence electrons. The third kappa shape index (κ3) is 6.51. The number of hydrogen-bond donors (Lipinski definition) is 2. The van der Waals surface area contributed by atoms with E-state index < -0.39 is 5.60 Å². The van der Waals surface area contributed by atoms with Crippen LogP contribution in [0.1, 0.15) is 26.7 Å². The molecule has 3 nitrogen and oxygen atoms in total. The van der Waals surface area contributed by atoms with Gasteiger partial charge in [0, 0.05) is 0 Å². The first-order valence-electron chi connectivity index (χ1n) is 4.30. The second-order valence-corrected chi connectivity index (χ2v) is 3.42. The minimum Gasteiger partial charge on any atom is -0.386 e. The number of allylic oxidation sites excluding steroid dienone is 1. The van der Waals surface area contributed by atoms with Gasteiger partial charge in [0.05, 0.1) is 5.60 Å². The van der Waals surface area contributed by atoms with E-state index in [1.165, 1.54) is 6.08 Å². The first kappa shape index (κ1) is 12.4. The van der Waals surface area contributed by atoms with Crippen molar-refractivity contribution in [2.75, 3.05) is 6.61 Å². The average molecular weight is 186 g/mol. The maximum absolute atomic E-state index is 9.54. The fourth-order valence-corrected chi connectivity index (χ4v) is 0.874. The standard InChI is InChI=1S/C10H18O3/c1-4-10(3,11)7-5-6-9(2)8-13-12/h4,6,11-12H,1,5,7-8H2,2-3H3/b9-6+. The third-order valence-electron chi connectivity index (χ3n) is 1.88. The Morgan fingerprint density at radius 1 is 1.62 bits per heavy atom. The van der Waals surface area contributed by atoms with Crippen LogP contribution >= 0.6 is 0 Å². The Morgan fingerprint density at radius 3 is 2.69 bits per heavy atom. The largest absolute Gasteiger partial charge is 0.386 e. The van der Waals surface area contributed by atoms with E-state index in [0.717, 1.165) is 12.0 Å². The van der Waals surface area contributed by atoms with E-state index in [4.69, 9.17) is 5.26 Å². The lowest BCUT2D eigenvalue weighted by Gasteiger charge is -2.16. The minimum absolute atomic E-state index is 0.218. The average Bonchev–Trinajstić information content (AvgIpc) is 2.05. The van der Waals surface area contributed by atoms with Crippen LogP contribution in [0.3, 0.4) is 0 Å². The molecule has 1 atom stereocenters. The lowest BCUT2D eigenvalue weighted by Crippen LogP contribution is -2.19. The highest BCUT2D eigenvalue weighted by Crippen LogP contribution is 2.13. The molecule has 0 aromatic rings. The summed E-state index contributed by atoms with van der Waals surface area (Å²) >= 11 is 0. The lowest BCUT2D eigenvalue weighted by molar-refractivity contribution is -0.234. The summed E-state index contributed by atoms with van der Waals surface area (Å²) in [5, 5.41) is 17.7. The molecule has 0 aromatic carbocycles. The van der Waals surface area contributed by atoms with Crippen molar-refractivity contribution in [3.05, 3.63) is 24.3 Å². The summed E-state index contributed by atoms with van der Waals surface area (Å²) in [6, 6.07) is 0. The zero-order valence-corrected chi connectivity index (χ0v) is 8.29. The molecule has 1 unspecified atom stereocenters. The Morgan fingerprint density at radius 2 is 2.23 bits per heavy atom. The number of hydrogen-bond acceptors (Lipinski definition) is 3. The van der Waals surface area contributed by atoms with Crippen LogP contribution in [0.2, 0.25) is 0 Å². The molecule has 0 saturated carbocycles. The van der Waals surface area contributed by atoms with E-state index in [1.807, 2.05) is 13.0 Å². The van der Waals surface area contributed by atoms with Gasteiger partial charge in [-0.2, -0.15) is 0 Å². The molecule has 0 heterocycles. The maximum atomic E-state index is 9.54. The van der Waals surface area contributed by atoms with Crippen LogP contribution in [0.25, 0.3) is 0 Å². The van der Waals surface area contributed by atoms with Gasteiger partial charge >= 0.3 is 0 Å². The van der Waals surface area contributed by atoms with Crippen molar-refractivity contribution in [3.63, 3.8) is 0 Å². The van der Waals surface area contributed by atoms with Crippen molar-refractivity contribution in [1.29, 1.82) is 0 Å². The van der Waals surface area contributed by atoms with Gasteiger partial charge in [-0.25, -0.2) is 4.89 Å². The molecule has 0 radical (unpaired) electrons. The highest BCUT2D eigenvalue weighted by atomic mass is 17.1. The fraction of sp³-hybridized carbons (Fsp3) is 0.600. The van der Waals surface area contributed by atoms with Crippen LogP contribution < -0.4 is 0 Å². The highest BCUT2D eigenvalue weighted by Gasteiger charge is 2.13. The van der Waals surface area contributed by atoms with Gasteiger partial charge in [0.2, 0.25) is 0 Å². The Balaban J connectivity index is 3.77. The topological polar surface area (TPSA) is 49.7 Å². The Hall–Kier alpha value is -0.640. The molecular formula is C10H18O3. The Bertz CT molecular complexity index is 183. The van der Waals surface area contributed by atoms with E-state index in [9.17, 15) is 5.11 Å². The summed E-state index contributed by atoms with van der Waals surface area (Å²) in [7, 11) is 0. The van der Waals surface area contributed by atoms with Gasteiger partial charge in [-0.1, -0.05) is 12.2 Å². The van der Waals surface area contributed by atoms with Crippen LogP contribution in [0.4, 0.5) is 0 Å². The predicted molar refractivity (Wildman–Crippen MR) is 52.4 cm³/mol. The quantitative estimate of drug-likeness (QED) is 0.379. The predicted octanol–water partition coefficient (Wildman–Crippen LogP) is 2.14. The zero-order valence-electron chi connectivity index (χ0n) is 8.29. The highest BCUT2D eigenvalue weighted by molar-refractivity contribution is 5.00. The summed E-state index contributed by atoms with van der Waals surface area (Å²) in [6.45, 7) is 7.32.